The molecule has 4 bridgehead atoms. The molecule has 4 saturated carbocycles. The number of rotatable bonds is 10. The number of carbonyl (C=O) groups is 1. The number of methoxy groups -OCH3 is 1. The van der Waals surface area contributed by atoms with Crippen LogP contribution < -0.4 is 4.74 Å². The SMILES string of the molecule is COCCOCOc1ccc(-c2ccc(/C=C/C(=O)O)c(C34CC5CC(CC(C5)C3)C4)c2)cc1. The van der Waals surface area contributed by atoms with Crippen LogP contribution in [0.5, 0.6) is 5.75 Å². The summed E-state index contributed by atoms with van der Waals surface area (Å²) in [5.74, 6) is 2.35. The molecule has 180 valence electrons. The van der Waals surface area contributed by atoms with Crippen molar-refractivity contribution in [2.24, 2.45) is 17.8 Å². The Bertz CT molecular complexity index is 1000. The van der Waals surface area contributed by atoms with Crippen molar-refractivity contribution in [3.05, 3.63) is 59.7 Å². The van der Waals surface area contributed by atoms with Crippen LogP contribution in [-0.2, 0) is 19.7 Å². The fraction of sp³-hybridized carbons (Fsp3) is 0.483. The second kappa shape index (κ2) is 9.93. The lowest BCUT2D eigenvalue weighted by Crippen LogP contribution is -2.48. The van der Waals surface area contributed by atoms with Crippen LogP contribution in [0.1, 0.15) is 49.7 Å². The molecule has 0 heterocycles. The summed E-state index contributed by atoms with van der Waals surface area (Å²) in [5.41, 5.74) is 4.88. The second-order valence-corrected chi connectivity index (χ2v) is 10.4. The molecule has 2 aromatic carbocycles. The summed E-state index contributed by atoms with van der Waals surface area (Å²) in [7, 11) is 1.65. The monoisotopic (exact) mass is 462 g/mol. The maximum atomic E-state index is 11.3. The zero-order chi connectivity index (χ0) is 23.5. The van der Waals surface area contributed by atoms with E-state index in [9.17, 15) is 9.90 Å². The molecule has 4 aliphatic rings. The number of carboxylic acid groups (broad SMARTS) is 1. The topological polar surface area (TPSA) is 65.0 Å². The molecule has 2 aromatic rings. The summed E-state index contributed by atoms with van der Waals surface area (Å²) in [4.78, 5) is 11.3. The zero-order valence-electron chi connectivity index (χ0n) is 19.9. The van der Waals surface area contributed by atoms with Gasteiger partial charge in [0.15, 0.2) is 6.79 Å². The van der Waals surface area contributed by atoms with Crippen molar-refractivity contribution in [2.45, 2.75) is 43.9 Å². The van der Waals surface area contributed by atoms with Crippen molar-refractivity contribution >= 4 is 12.0 Å². The highest BCUT2D eigenvalue weighted by atomic mass is 16.7. The molecule has 5 nitrogen and oxygen atoms in total. The molecule has 0 atom stereocenters. The van der Waals surface area contributed by atoms with Crippen LogP contribution >= 0.6 is 0 Å². The Morgan fingerprint density at radius 3 is 2.24 bits per heavy atom. The summed E-state index contributed by atoms with van der Waals surface area (Å²) in [5, 5.41) is 9.25. The third kappa shape index (κ3) is 4.91. The summed E-state index contributed by atoms with van der Waals surface area (Å²) in [6, 6.07) is 14.6. The van der Waals surface area contributed by atoms with E-state index >= 15 is 0 Å². The fourth-order valence-electron chi connectivity index (χ4n) is 7.00. The van der Waals surface area contributed by atoms with Gasteiger partial charge >= 0.3 is 5.97 Å². The Kier molecular flexibility index (Phi) is 6.75. The van der Waals surface area contributed by atoms with Gasteiger partial charge in [0.25, 0.3) is 0 Å². The van der Waals surface area contributed by atoms with Gasteiger partial charge in [-0.2, -0.15) is 0 Å². The highest BCUT2D eigenvalue weighted by Crippen LogP contribution is 2.61. The average Bonchev–Trinajstić information content (AvgIpc) is 2.82. The Morgan fingerprint density at radius 2 is 1.62 bits per heavy atom. The van der Waals surface area contributed by atoms with E-state index in [2.05, 4.69) is 30.3 Å². The summed E-state index contributed by atoms with van der Waals surface area (Å²) in [6.45, 7) is 1.25. The average molecular weight is 463 g/mol. The minimum Gasteiger partial charge on any atom is -0.478 e. The Morgan fingerprint density at radius 1 is 0.971 bits per heavy atom. The molecule has 0 radical (unpaired) electrons. The third-order valence-corrected chi connectivity index (χ3v) is 8.00. The minimum absolute atomic E-state index is 0.186. The molecular weight excluding hydrogens is 428 g/mol. The molecule has 34 heavy (non-hydrogen) atoms. The molecular formula is C29H34O5. The molecule has 1 N–H and O–H groups in total. The molecule has 6 rings (SSSR count). The van der Waals surface area contributed by atoms with Crippen LogP contribution in [0, 0.1) is 17.8 Å². The molecule has 0 aliphatic heterocycles. The van der Waals surface area contributed by atoms with Crippen LogP contribution in [0.2, 0.25) is 0 Å². The number of hydrogen-bond acceptors (Lipinski definition) is 4. The highest BCUT2D eigenvalue weighted by molar-refractivity contribution is 5.86. The van der Waals surface area contributed by atoms with E-state index in [1.807, 2.05) is 12.1 Å². The van der Waals surface area contributed by atoms with Crippen molar-refractivity contribution in [1.82, 2.24) is 0 Å². The molecule has 0 saturated heterocycles. The number of carboxylic acids is 1. The van der Waals surface area contributed by atoms with Crippen LogP contribution in [0.25, 0.3) is 17.2 Å². The van der Waals surface area contributed by atoms with Crippen molar-refractivity contribution < 1.29 is 24.1 Å². The van der Waals surface area contributed by atoms with Crippen LogP contribution in [0.15, 0.2) is 48.5 Å². The Labute approximate surface area is 201 Å². The quantitative estimate of drug-likeness (QED) is 0.270. The van der Waals surface area contributed by atoms with Crippen molar-refractivity contribution in [3.8, 4) is 16.9 Å². The lowest BCUT2D eigenvalue weighted by Gasteiger charge is -2.57. The van der Waals surface area contributed by atoms with E-state index in [4.69, 9.17) is 14.2 Å². The van der Waals surface area contributed by atoms with Gasteiger partial charge in [0.2, 0.25) is 0 Å². The number of ether oxygens (including phenoxy) is 3. The highest BCUT2D eigenvalue weighted by Gasteiger charge is 2.52. The van der Waals surface area contributed by atoms with Gasteiger partial charge in [-0.05, 0) is 108 Å². The molecule has 4 aliphatic carbocycles. The second-order valence-electron chi connectivity index (χ2n) is 10.4. The van der Waals surface area contributed by atoms with Gasteiger partial charge in [0, 0.05) is 13.2 Å². The molecule has 0 unspecified atom stereocenters. The van der Waals surface area contributed by atoms with Gasteiger partial charge in [-0.25, -0.2) is 4.79 Å². The lowest BCUT2D eigenvalue weighted by atomic mass is 9.47. The summed E-state index contributed by atoms with van der Waals surface area (Å²) >= 11 is 0. The van der Waals surface area contributed by atoms with E-state index in [0.717, 1.165) is 34.6 Å². The Balaban J connectivity index is 1.41. The molecule has 0 amide bonds. The van der Waals surface area contributed by atoms with Crippen LogP contribution in [-0.4, -0.2) is 38.2 Å². The van der Waals surface area contributed by atoms with E-state index in [0.29, 0.717) is 13.2 Å². The number of benzene rings is 2. The van der Waals surface area contributed by atoms with Crippen molar-refractivity contribution in [3.63, 3.8) is 0 Å². The molecule has 4 fully saturated rings. The summed E-state index contributed by atoms with van der Waals surface area (Å²) in [6.07, 6.45) is 11.0. The molecule has 5 heteroatoms. The molecule has 0 aromatic heterocycles. The fourth-order valence-corrected chi connectivity index (χ4v) is 7.00. The van der Waals surface area contributed by atoms with E-state index in [1.54, 1.807) is 13.2 Å². The van der Waals surface area contributed by atoms with Gasteiger partial charge in [0.05, 0.1) is 13.2 Å². The maximum Gasteiger partial charge on any atom is 0.328 e. The first-order chi connectivity index (χ1) is 16.5. The van der Waals surface area contributed by atoms with Crippen LogP contribution in [0.3, 0.4) is 0 Å². The predicted octanol–water partition coefficient (Wildman–Crippen LogP) is 5.92. The van der Waals surface area contributed by atoms with E-state index < -0.39 is 5.97 Å². The smallest absolute Gasteiger partial charge is 0.328 e. The van der Waals surface area contributed by atoms with E-state index in [-0.39, 0.29) is 12.2 Å². The zero-order valence-corrected chi connectivity index (χ0v) is 19.9. The molecule has 0 spiro atoms. The van der Waals surface area contributed by atoms with Crippen molar-refractivity contribution in [2.75, 3.05) is 27.1 Å². The van der Waals surface area contributed by atoms with Gasteiger partial charge in [0.1, 0.15) is 5.75 Å². The lowest BCUT2D eigenvalue weighted by molar-refractivity contribution is -0.131. The van der Waals surface area contributed by atoms with Crippen LogP contribution in [0.4, 0.5) is 0 Å². The van der Waals surface area contributed by atoms with Gasteiger partial charge in [-0.3, -0.25) is 0 Å². The largest absolute Gasteiger partial charge is 0.478 e. The minimum atomic E-state index is -0.901. The van der Waals surface area contributed by atoms with E-state index in [1.165, 1.54) is 55.7 Å². The Hall–Kier alpha value is -2.63. The first-order valence-corrected chi connectivity index (χ1v) is 12.4. The maximum absolute atomic E-state index is 11.3. The first kappa shape index (κ1) is 23.1. The third-order valence-electron chi connectivity index (χ3n) is 8.00. The number of aliphatic carboxylic acids is 1. The van der Waals surface area contributed by atoms with Crippen molar-refractivity contribution in [1.29, 1.82) is 0 Å². The van der Waals surface area contributed by atoms with Gasteiger partial charge in [-0.15, -0.1) is 0 Å². The van der Waals surface area contributed by atoms with Gasteiger partial charge < -0.3 is 19.3 Å². The van der Waals surface area contributed by atoms with Gasteiger partial charge in [-0.1, -0.05) is 24.3 Å². The summed E-state index contributed by atoms with van der Waals surface area (Å²) < 4.78 is 16.0. The predicted molar refractivity (Wildman–Crippen MR) is 132 cm³/mol. The standard InChI is InChI=1S/C29H34O5/c1-32-10-11-33-19-34-26-7-4-23(5-8-26)25-3-2-24(6-9-28(30)31)27(15-25)29-16-20-12-21(17-29)14-22(13-20)18-29/h2-9,15,20-22H,10-14,16-19H2,1H3,(H,30,31)/b9-6+. The number of hydrogen-bond donors (Lipinski definition) is 1. The normalized spacial score (nSPS) is 27.4. The first-order valence-electron chi connectivity index (χ1n) is 12.4.